The van der Waals surface area contributed by atoms with Crippen molar-refractivity contribution in [2.45, 2.75) is 6.92 Å². The van der Waals surface area contributed by atoms with Gasteiger partial charge in [0.25, 0.3) is 5.56 Å². The van der Waals surface area contributed by atoms with Crippen LogP contribution in [-0.2, 0) is 14.1 Å². The number of hydrogen-bond acceptors (Lipinski definition) is 2. The van der Waals surface area contributed by atoms with E-state index in [9.17, 15) is 9.59 Å². The van der Waals surface area contributed by atoms with E-state index in [1.165, 1.54) is 11.6 Å². The van der Waals surface area contributed by atoms with E-state index >= 15 is 0 Å². The number of fused-ring (bicyclic) bond motifs is 1. The molecule has 0 atom stereocenters. The van der Waals surface area contributed by atoms with Gasteiger partial charge in [-0.15, -0.1) is 0 Å². The molecule has 27 heavy (non-hydrogen) atoms. The first-order chi connectivity index (χ1) is 12.9. The monoisotopic (exact) mass is 379 g/mol. The molecule has 0 bridgehead atoms. The molecule has 0 aliphatic carbocycles. The summed E-state index contributed by atoms with van der Waals surface area (Å²) in [7, 11) is 3.16. The van der Waals surface area contributed by atoms with Crippen molar-refractivity contribution in [3.05, 3.63) is 86.2 Å². The molecule has 5 nitrogen and oxygen atoms in total. The van der Waals surface area contributed by atoms with Gasteiger partial charge in [-0.1, -0.05) is 47.5 Å². The molecule has 0 fully saturated rings. The fourth-order valence-corrected chi connectivity index (χ4v) is 3.59. The summed E-state index contributed by atoms with van der Waals surface area (Å²) < 4.78 is 4.54. The molecule has 4 aromatic rings. The van der Waals surface area contributed by atoms with Gasteiger partial charge >= 0.3 is 5.69 Å². The third-order valence-corrected chi connectivity index (χ3v) is 5.21. The summed E-state index contributed by atoms with van der Waals surface area (Å²) in [5.74, 6) is 0. The van der Waals surface area contributed by atoms with Crippen LogP contribution in [0.25, 0.3) is 27.8 Å². The minimum atomic E-state index is -0.362. The second kappa shape index (κ2) is 6.28. The van der Waals surface area contributed by atoms with Crippen LogP contribution in [0, 0.1) is 6.92 Å². The molecule has 4 rings (SSSR count). The molecule has 0 saturated heterocycles. The molecule has 0 aliphatic rings. The highest BCUT2D eigenvalue weighted by Crippen LogP contribution is 2.35. The molecule has 2 heterocycles. The standard InChI is InChI=1S/C21H18ClN3O2/c1-13-8-10-14(11-9-13)25-12-17-18(20(26)24(3)21(27)23(17)2)19(25)15-6-4-5-7-16(15)22/h4-12H,1-3H3. The Hall–Kier alpha value is -3.05. The molecule has 2 aromatic heterocycles. The Bertz CT molecular complexity index is 1290. The van der Waals surface area contributed by atoms with E-state index in [0.717, 1.165) is 21.4 Å². The van der Waals surface area contributed by atoms with Gasteiger partial charge in [-0.3, -0.25) is 13.9 Å². The highest BCUT2D eigenvalue weighted by atomic mass is 35.5. The number of aromatic nitrogens is 3. The highest BCUT2D eigenvalue weighted by Gasteiger charge is 2.21. The van der Waals surface area contributed by atoms with Gasteiger partial charge in [-0.2, -0.15) is 0 Å². The van der Waals surface area contributed by atoms with Crippen LogP contribution < -0.4 is 11.2 Å². The van der Waals surface area contributed by atoms with E-state index in [1.807, 2.05) is 60.2 Å². The number of aryl methyl sites for hydroxylation is 2. The highest BCUT2D eigenvalue weighted by molar-refractivity contribution is 6.33. The molecular formula is C21H18ClN3O2. The third-order valence-electron chi connectivity index (χ3n) is 4.88. The Morgan fingerprint density at radius 3 is 2.22 bits per heavy atom. The Kier molecular flexibility index (Phi) is 4.04. The van der Waals surface area contributed by atoms with E-state index in [0.29, 0.717) is 21.6 Å². The zero-order valence-corrected chi connectivity index (χ0v) is 16.0. The van der Waals surface area contributed by atoms with E-state index in [2.05, 4.69) is 0 Å². The molecule has 0 radical (unpaired) electrons. The van der Waals surface area contributed by atoms with Crippen molar-refractivity contribution in [2.24, 2.45) is 14.1 Å². The van der Waals surface area contributed by atoms with Gasteiger partial charge in [-0.05, 0) is 25.1 Å². The van der Waals surface area contributed by atoms with Crippen molar-refractivity contribution in [1.29, 1.82) is 0 Å². The summed E-state index contributed by atoms with van der Waals surface area (Å²) in [6.07, 6.45) is 1.82. The smallest absolute Gasteiger partial charge is 0.314 e. The number of rotatable bonds is 2. The molecule has 0 spiro atoms. The fraction of sp³-hybridized carbons (Fsp3) is 0.143. The maximum Gasteiger partial charge on any atom is 0.330 e. The van der Waals surface area contributed by atoms with Gasteiger partial charge < -0.3 is 4.57 Å². The van der Waals surface area contributed by atoms with Crippen molar-refractivity contribution < 1.29 is 0 Å². The lowest BCUT2D eigenvalue weighted by atomic mass is 10.1. The average Bonchev–Trinajstić information content (AvgIpc) is 3.06. The van der Waals surface area contributed by atoms with Crippen LogP contribution in [0.1, 0.15) is 5.56 Å². The van der Waals surface area contributed by atoms with E-state index in [1.54, 1.807) is 13.1 Å². The van der Waals surface area contributed by atoms with Crippen LogP contribution in [-0.4, -0.2) is 13.7 Å². The summed E-state index contributed by atoms with van der Waals surface area (Å²) in [6.45, 7) is 2.02. The van der Waals surface area contributed by atoms with Gasteiger partial charge in [0.2, 0.25) is 0 Å². The zero-order chi connectivity index (χ0) is 19.3. The van der Waals surface area contributed by atoms with Gasteiger partial charge in [-0.25, -0.2) is 4.79 Å². The predicted molar refractivity (Wildman–Crippen MR) is 109 cm³/mol. The van der Waals surface area contributed by atoms with Crippen LogP contribution in [0.15, 0.2) is 64.3 Å². The molecule has 0 saturated carbocycles. The van der Waals surface area contributed by atoms with E-state index in [-0.39, 0.29) is 11.2 Å². The predicted octanol–water partition coefficient (Wildman–Crippen LogP) is 3.66. The van der Waals surface area contributed by atoms with Crippen LogP contribution >= 0.6 is 11.6 Å². The molecule has 0 aliphatic heterocycles. The second-order valence-electron chi connectivity index (χ2n) is 6.63. The van der Waals surface area contributed by atoms with Crippen LogP contribution in [0.5, 0.6) is 0 Å². The van der Waals surface area contributed by atoms with Gasteiger partial charge in [0.05, 0.1) is 16.6 Å². The number of nitrogens with zero attached hydrogens (tertiary/aromatic N) is 3. The average molecular weight is 380 g/mol. The largest absolute Gasteiger partial charge is 0.330 e. The Morgan fingerprint density at radius 1 is 0.889 bits per heavy atom. The quantitative estimate of drug-likeness (QED) is 0.533. The zero-order valence-electron chi connectivity index (χ0n) is 15.2. The molecule has 0 amide bonds. The Labute approximate surface area is 160 Å². The Balaban J connectivity index is 2.23. The summed E-state index contributed by atoms with van der Waals surface area (Å²) >= 11 is 6.47. The normalized spacial score (nSPS) is 11.3. The lowest BCUT2D eigenvalue weighted by Crippen LogP contribution is -2.36. The van der Waals surface area contributed by atoms with Crippen LogP contribution in [0.4, 0.5) is 0 Å². The summed E-state index contributed by atoms with van der Waals surface area (Å²) in [6, 6.07) is 15.4. The van der Waals surface area contributed by atoms with E-state index in [4.69, 9.17) is 11.6 Å². The van der Waals surface area contributed by atoms with Crippen molar-refractivity contribution in [3.8, 4) is 16.9 Å². The SMILES string of the molecule is Cc1ccc(-n2cc3c(c2-c2ccccc2Cl)c(=O)n(C)c(=O)n3C)cc1. The van der Waals surface area contributed by atoms with Gasteiger partial charge in [0, 0.05) is 36.6 Å². The third kappa shape index (κ3) is 2.62. The minimum Gasteiger partial charge on any atom is -0.314 e. The number of hydrogen-bond donors (Lipinski definition) is 0. The van der Waals surface area contributed by atoms with Crippen LogP contribution in [0.3, 0.4) is 0 Å². The molecule has 0 N–H and O–H groups in total. The van der Waals surface area contributed by atoms with Crippen molar-refractivity contribution >= 4 is 22.5 Å². The summed E-state index contributed by atoms with van der Waals surface area (Å²) in [5.41, 5.74) is 3.31. The summed E-state index contributed by atoms with van der Waals surface area (Å²) in [5, 5.41) is 1.01. The van der Waals surface area contributed by atoms with Gasteiger partial charge in [0.15, 0.2) is 0 Å². The Morgan fingerprint density at radius 2 is 1.56 bits per heavy atom. The molecule has 136 valence electrons. The summed E-state index contributed by atoms with van der Waals surface area (Å²) in [4.78, 5) is 25.4. The van der Waals surface area contributed by atoms with Gasteiger partial charge in [0.1, 0.15) is 0 Å². The molecule has 2 aromatic carbocycles. The maximum atomic E-state index is 13.0. The lowest BCUT2D eigenvalue weighted by molar-refractivity contribution is 0.714. The minimum absolute atomic E-state index is 0.339. The first-order valence-corrected chi connectivity index (χ1v) is 8.91. The number of halogens is 1. The van der Waals surface area contributed by atoms with Crippen molar-refractivity contribution in [1.82, 2.24) is 13.7 Å². The number of benzene rings is 2. The van der Waals surface area contributed by atoms with Crippen molar-refractivity contribution in [3.63, 3.8) is 0 Å². The first-order valence-electron chi connectivity index (χ1n) is 8.53. The topological polar surface area (TPSA) is 48.9 Å². The fourth-order valence-electron chi connectivity index (χ4n) is 3.37. The molecular weight excluding hydrogens is 362 g/mol. The first kappa shape index (κ1) is 17.4. The van der Waals surface area contributed by atoms with Crippen molar-refractivity contribution in [2.75, 3.05) is 0 Å². The molecule has 6 heteroatoms. The van der Waals surface area contributed by atoms with E-state index < -0.39 is 0 Å². The lowest BCUT2D eigenvalue weighted by Gasteiger charge is -2.11. The maximum absolute atomic E-state index is 13.0. The second-order valence-corrected chi connectivity index (χ2v) is 7.04. The molecule has 0 unspecified atom stereocenters. The van der Waals surface area contributed by atoms with Crippen LogP contribution in [0.2, 0.25) is 5.02 Å².